The number of phenols is 3. The molecule has 3 rings (SSSR count). The van der Waals surface area contributed by atoms with Crippen molar-refractivity contribution in [2.45, 2.75) is 13.2 Å². The Bertz CT molecular complexity index is 977. The first-order chi connectivity index (χ1) is 15.9. The topological polar surface area (TPSA) is 116 Å². The summed E-state index contributed by atoms with van der Waals surface area (Å²) in [6, 6.07) is 11.3. The van der Waals surface area contributed by atoms with Gasteiger partial charge < -0.3 is 43.7 Å². The van der Waals surface area contributed by atoms with Crippen molar-refractivity contribution < 1.29 is 43.7 Å². The van der Waals surface area contributed by atoms with Crippen LogP contribution in [-0.4, -0.2) is 43.8 Å². The van der Waals surface area contributed by atoms with Crippen molar-refractivity contribution in [3.63, 3.8) is 0 Å². The molecule has 0 heterocycles. The molecule has 0 spiro atoms. The molecule has 0 aliphatic heterocycles. The number of para-hydroxylation sites is 1. The molecule has 0 atom stereocenters. The Morgan fingerprint density at radius 1 is 0.515 bits per heavy atom. The molecule has 0 aromatic heterocycles. The van der Waals surface area contributed by atoms with E-state index in [4.69, 9.17) is 28.4 Å². The second-order valence-electron chi connectivity index (χ2n) is 6.88. The summed E-state index contributed by atoms with van der Waals surface area (Å²) in [4.78, 5) is 0. The molecule has 0 aliphatic rings. The van der Waals surface area contributed by atoms with E-state index in [1.807, 2.05) is 0 Å². The molecule has 3 aromatic rings. The number of hydrogen-bond acceptors (Lipinski definition) is 9. The second kappa shape index (κ2) is 10.4. The van der Waals surface area contributed by atoms with Crippen molar-refractivity contribution in [3.8, 4) is 51.7 Å². The van der Waals surface area contributed by atoms with Crippen molar-refractivity contribution >= 4 is 0 Å². The smallest absolute Gasteiger partial charge is 0.200 e. The van der Waals surface area contributed by atoms with Crippen molar-refractivity contribution in [3.05, 3.63) is 53.6 Å². The van der Waals surface area contributed by atoms with Gasteiger partial charge in [-0.2, -0.15) is 0 Å². The Hall–Kier alpha value is -4.14. The molecule has 0 saturated carbocycles. The van der Waals surface area contributed by atoms with Crippen LogP contribution in [0.1, 0.15) is 11.1 Å². The second-order valence-corrected chi connectivity index (χ2v) is 6.88. The molecule has 0 saturated heterocycles. The highest BCUT2D eigenvalue weighted by Gasteiger charge is 2.15. The minimum absolute atomic E-state index is 0.0797. The molecule has 0 radical (unpaired) electrons. The number of benzene rings is 3. The van der Waals surface area contributed by atoms with E-state index in [0.717, 1.165) is 0 Å². The summed E-state index contributed by atoms with van der Waals surface area (Å²) in [5, 5.41) is 30.7. The summed E-state index contributed by atoms with van der Waals surface area (Å²) >= 11 is 0. The molecule has 0 fully saturated rings. The van der Waals surface area contributed by atoms with Gasteiger partial charge in [0, 0.05) is 0 Å². The van der Waals surface area contributed by atoms with Crippen molar-refractivity contribution in [2.24, 2.45) is 0 Å². The summed E-state index contributed by atoms with van der Waals surface area (Å²) in [6.07, 6.45) is 0. The fourth-order valence-corrected chi connectivity index (χ4v) is 3.12. The van der Waals surface area contributed by atoms with E-state index in [-0.39, 0.29) is 65.0 Å². The van der Waals surface area contributed by atoms with Gasteiger partial charge in [0.05, 0.1) is 28.4 Å². The van der Waals surface area contributed by atoms with E-state index in [2.05, 4.69) is 0 Å². The van der Waals surface area contributed by atoms with Crippen LogP contribution in [0, 0.1) is 0 Å². The summed E-state index contributed by atoms with van der Waals surface area (Å²) in [5.74, 6) is 1.01. The van der Waals surface area contributed by atoms with E-state index < -0.39 is 0 Å². The van der Waals surface area contributed by atoms with E-state index >= 15 is 0 Å². The number of phenolic OH excluding ortho intramolecular Hbond substituents is 3. The molecule has 0 bridgehead atoms. The van der Waals surface area contributed by atoms with Gasteiger partial charge in [-0.25, -0.2) is 0 Å². The average Bonchev–Trinajstić information content (AvgIpc) is 2.83. The Labute approximate surface area is 191 Å². The Morgan fingerprint density at radius 3 is 1.12 bits per heavy atom. The standard InChI is InChI=1S/C24H26O9/c1-28-18-8-14(9-19(29-2)23(18)26)12-32-16-6-5-7-17(22(16)25)33-13-15-10-20(30-3)24(27)21(11-15)31-4/h5-11,25-27H,12-13H2,1-4H3. The van der Waals surface area contributed by atoms with Gasteiger partial charge >= 0.3 is 0 Å². The maximum absolute atomic E-state index is 10.6. The first-order valence-electron chi connectivity index (χ1n) is 9.87. The molecular formula is C24H26O9. The van der Waals surface area contributed by atoms with E-state index in [1.54, 1.807) is 42.5 Å². The number of hydrogen-bond donors (Lipinski definition) is 3. The quantitative estimate of drug-likeness (QED) is 0.415. The average molecular weight is 458 g/mol. The lowest BCUT2D eigenvalue weighted by Crippen LogP contribution is -2.00. The van der Waals surface area contributed by atoms with Crippen molar-refractivity contribution in [1.82, 2.24) is 0 Å². The van der Waals surface area contributed by atoms with Gasteiger partial charge in [0.1, 0.15) is 13.2 Å². The van der Waals surface area contributed by atoms with Crippen LogP contribution in [0.25, 0.3) is 0 Å². The highest BCUT2D eigenvalue weighted by molar-refractivity contribution is 5.54. The Morgan fingerprint density at radius 2 is 0.818 bits per heavy atom. The summed E-state index contributed by atoms with van der Waals surface area (Å²) in [7, 11) is 5.74. The summed E-state index contributed by atoms with van der Waals surface area (Å²) in [6.45, 7) is 0.159. The first kappa shape index (κ1) is 23.5. The lowest BCUT2D eigenvalue weighted by atomic mass is 10.2. The van der Waals surface area contributed by atoms with Gasteiger partial charge in [-0.15, -0.1) is 0 Å². The Kier molecular flexibility index (Phi) is 7.45. The van der Waals surface area contributed by atoms with Crippen LogP contribution in [-0.2, 0) is 13.2 Å². The monoisotopic (exact) mass is 458 g/mol. The van der Waals surface area contributed by atoms with Crippen LogP contribution in [0.2, 0.25) is 0 Å². The van der Waals surface area contributed by atoms with Crippen LogP contribution >= 0.6 is 0 Å². The van der Waals surface area contributed by atoms with Gasteiger partial charge in [-0.05, 0) is 47.5 Å². The fraction of sp³-hybridized carbons (Fsp3) is 0.250. The SMILES string of the molecule is COc1cc(COc2cccc(OCc3cc(OC)c(O)c(OC)c3)c2O)cc(OC)c1O. The molecule has 9 nitrogen and oxygen atoms in total. The molecule has 9 heteroatoms. The van der Waals surface area contributed by atoms with Crippen molar-refractivity contribution in [2.75, 3.05) is 28.4 Å². The minimum atomic E-state index is -0.173. The molecule has 0 aliphatic carbocycles. The van der Waals surface area contributed by atoms with E-state index in [1.165, 1.54) is 28.4 Å². The normalized spacial score (nSPS) is 10.4. The third kappa shape index (κ3) is 5.20. The highest BCUT2D eigenvalue weighted by atomic mass is 16.5. The molecular weight excluding hydrogens is 432 g/mol. The van der Waals surface area contributed by atoms with Gasteiger partial charge in [0.2, 0.25) is 17.2 Å². The number of rotatable bonds is 10. The molecule has 3 aromatic carbocycles. The first-order valence-corrected chi connectivity index (χ1v) is 9.87. The van der Waals surface area contributed by atoms with Gasteiger partial charge in [0.25, 0.3) is 0 Å². The molecule has 176 valence electrons. The van der Waals surface area contributed by atoms with Gasteiger partial charge in [-0.3, -0.25) is 0 Å². The van der Waals surface area contributed by atoms with Gasteiger partial charge in [0.15, 0.2) is 34.5 Å². The number of ether oxygens (including phenoxy) is 6. The third-order valence-corrected chi connectivity index (χ3v) is 4.83. The maximum atomic E-state index is 10.6. The summed E-state index contributed by atoms with van der Waals surface area (Å²) in [5.41, 5.74) is 1.33. The number of methoxy groups -OCH3 is 4. The van der Waals surface area contributed by atoms with Gasteiger partial charge in [-0.1, -0.05) is 6.07 Å². The highest BCUT2D eigenvalue weighted by Crippen LogP contribution is 2.40. The molecule has 0 unspecified atom stereocenters. The van der Waals surface area contributed by atoms with E-state index in [9.17, 15) is 15.3 Å². The maximum Gasteiger partial charge on any atom is 0.200 e. The zero-order chi connectivity index (χ0) is 24.0. The lowest BCUT2D eigenvalue weighted by Gasteiger charge is -2.15. The lowest BCUT2D eigenvalue weighted by molar-refractivity contribution is 0.261. The van der Waals surface area contributed by atoms with Crippen LogP contribution in [0.5, 0.6) is 51.7 Å². The van der Waals surface area contributed by atoms with Crippen LogP contribution < -0.4 is 28.4 Å². The molecule has 0 amide bonds. The van der Waals surface area contributed by atoms with Crippen LogP contribution in [0.4, 0.5) is 0 Å². The Balaban J connectivity index is 1.74. The fourth-order valence-electron chi connectivity index (χ4n) is 3.12. The van der Waals surface area contributed by atoms with E-state index in [0.29, 0.717) is 11.1 Å². The molecule has 33 heavy (non-hydrogen) atoms. The third-order valence-electron chi connectivity index (χ3n) is 4.83. The zero-order valence-electron chi connectivity index (χ0n) is 18.7. The number of aromatic hydroxyl groups is 3. The predicted molar refractivity (Wildman–Crippen MR) is 119 cm³/mol. The predicted octanol–water partition coefficient (Wildman–Crippen LogP) is 4.00. The molecule has 3 N–H and O–H groups in total. The van der Waals surface area contributed by atoms with Crippen molar-refractivity contribution in [1.29, 1.82) is 0 Å². The van der Waals surface area contributed by atoms with Crippen LogP contribution in [0.3, 0.4) is 0 Å². The largest absolute Gasteiger partial charge is 0.502 e. The summed E-state index contributed by atoms with van der Waals surface area (Å²) < 4.78 is 32.1. The van der Waals surface area contributed by atoms with Crippen LogP contribution in [0.15, 0.2) is 42.5 Å². The zero-order valence-corrected chi connectivity index (χ0v) is 18.7. The minimum Gasteiger partial charge on any atom is -0.502 e.